The number of anilines is 1. The van der Waals surface area contributed by atoms with E-state index in [9.17, 15) is 4.79 Å². The molecule has 1 heterocycles. The quantitative estimate of drug-likeness (QED) is 0.486. The molecule has 0 spiro atoms. The van der Waals surface area contributed by atoms with Gasteiger partial charge in [0, 0.05) is 16.1 Å². The summed E-state index contributed by atoms with van der Waals surface area (Å²) in [5, 5.41) is 3.56. The number of imidazole rings is 1. The molecule has 4 aromatic rings. The number of aromatic amines is 1. The number of nitrogens with zero attached hydrogens (tertiary/aromatic N) is 1. The van der Waals surface area contributed by atoms with E-state index < -0.39 is 0 Å². The number of hydrogen-bond acceptors (Lipinski definition) is 3. The third-order valence-electron chi connectivity index (χ3n) is 4.47. The molecule has 1 aromatic heterocycles. The number of halogens is 1. The lowest BCUT2D eigenvalue weighted by Crippen LogP contribution is -2.12. The maximum absolute atomic E-state index is 12.6. The van der Waals surface area contributed by atoms with Crippen LogP contribution in [0.3, 0.4) is 0 Å². The topological polar surface area (TPSA) is 67.0 Å². The second kappa shape index (κ2) is 7.37. The first-order valence-electron chi connectivity index (χ1n) is 8.75. The number of ether oxygens (including phenoxy) is 1. The molecule has 0 saturated carbocycles. The molecule has 0 saturated heterocycles. The molecular formula is C22H18ClN3O2. The van der Waals surface area contributed by atoms with Gasteiger partial charge in [0.15, 0.2) is 0 Å². The van der Waals surface area contributed by atoms with Gasteiger partial charge in [-0.1, -0.05) is 29.8 Å². The Kier molecular flexibility index (Phi) is 4.75. The fraction of sp³-hybridized carbons (Fsp3) is 0.0909. The Morgan fingerprint density at radius 3 is 2.61 bits per heavy atom. The summed E-state index contributed by atoms with van der Waals surface area (Å²) in [5.74, 6) is 1.15. The van der Waals surface area contributed by atoms with Crippen LogP contribution in [0.1, 0.15) is 15.9 Å². The first-order chi connectivity index (χ1) is 13.5. The number of benzene rings is 3. The largest absolute Gasteiger partial charge is 0.495 e. The van der Waals surface area contributed by atoms with Crippen LogP contribution in [0.25, 0.3) is 22.4 Å². The number of nitrogens with one attached hydrogen (secondary N) is 2. The SMILES string of the molecule is COc1ccc(C)cc1NC(=O)c1ccc(-c2nc3ccc(Cl)cc3[nH]2)cc1. The van der Waals surface area contributed by atoms with Gasteiger partial charge in [-0.15, -0.1) is 0 Å². The molecule has 1 amide bonds. The molecule has 3 aromatic carbocycles. The molecule has 0 fully saturated rings. The minimum absolute atomic E-state index is 0.202. The van der Waals surface area contributed by atoms with E-state index in [1.54, 1.807) is 19.2 Å². The predicted molar refractivity (Wildman–Crippen MR) is 112 cm³/mol. The minimum Gasteiger partial charge on any atom is -0.495 e. The van der Waals surface area contributed by atoms with Crippen LogP contribution in [-0.4, -0.2) is 23.0 Å². The third-order valence-corrected chi connectivity index (χ3v) is 4.70. The van der Waals surface area contributed by atoms with Gasteiger partial charge in [-0.25, -0.2) is 4.98 Å². The molecule has 2 N–H and O–H groups in total. The van der Waals surface area contributed by atoms with Crippen LogP contribution in [0.4, 0.5) is 5.69 Å². The van der Waals surface area contributed by atoms with Crippen molar-refractivity contribution in [3.63, 3.8) is 0 Å². The summed E-state index contributed by atoms with van der Waals surface area (Å²) in [5.41, 5.74) is 4.83. The summed E-state index contributed by atoms with van der Waals surface area (Å²) in [6.45, 7) is 1.96. The molecule has 0 atom stereocenters. The highest BCUT2D eigenvalue weighted by Crippen LogP contribution is 2.27. The van der Waals surface area contributed by atoms with Gasteiger partial charge in [0.05, 0.1) is 23.8 Å². The van der Waals surface area contributed by atoms with Crippen molar-refractivity contribution in [1.82, 2.24) is 9.97 Å². The summed E-state index contributed by atoms with van der Waals surface area (Å²) >= 11 is 6.03. The molecule has 0 aliphatic heterocycles. The normalized spacial score (nSPS) is 10.8. The van der Waals surface area contributed by atoms with E-state index in [1.165, 1.54) is 0 Å². The summed E-state index contributed by atoms with van der Waals surface area (Å²) < 4.78 is 5.31. The Morgan fingerprint density at radius 2 is 1.86 bits per heavy atom. The molecule has 0 radical (unpaired) electrons. The van der Waals surface area contributed by atoms with Crippen LogP contribution >= 0.6 is 11.6 Å². The van der Waals surface area contributed by atoms with Crippen molar-refractivity contribution in [2.75, 3.05) is 12.4 Å². The maximum Gasteiger partial charge on any atom is 0.255 e. The van der Waals surface area contributed by atoms with Gasteiger partial charge in [0.2, 0.25) is 0 Å². The standard InChI is InChI=1S/C22H18ClN3O2/c1-13-3-10-20(28-2)19(11-13)26-22(27)15-6-4-14(5-7-15)21-24-17-9-8-16(23)12-18(17)25-21/h3-12H,1-2H3,(H,24,25)(H,26,27). The first-order valence-corrected chi connectivity index (χ1v) is 9.13. The molecule has 0 aliphatic rings. The molecule has 0 bridgehead atoms. The lowest BCUT2D eigenvalue weighted by molar-refractivity contribution is 0.102. The fourth-order valence-electron chi connectivity index (χ4n) is 3.01. The van der Waals surface area contributed by atoms with Gasteiger partial charge in [0.25, 0.3) is 5.91 Å². The smallest absolute Gasteiger partial charge is 0.255 e. The zero-order chi connectivity index (χ0) is 19.7. The highest BCUT2D eigenvalue weighted by molar-refractivity contribution is 6.31. The second-order valence-corrected chi connectivity index (χ2v) is 6.92. The maximum atomic E-state index is 12.6. The van der Waals surface area contributed by atoms with E-state index in [1.807, 2.05) is 55.5 Å². The van der Waals surface area contributed by atoms with Crippen LogP contribution in [0.15, 0.2) is 60.7 Å². The van der Waals surface area contributed by atoms with Crippen LogP contribution < -0.4 is 10.1 Å². The van der Waals surface area contributed by atoms with Crippen LogP contribution in [0, 0.1) is 6.92 Å². The number of amides is 1. The molecular weight excluding hydrogens is 374 g/mol. The van der Waals surface area contributed by atoms with Crippen molar-refractivity contribution in [3.05, 3.63) is 76.8 Å². The van der Waals surface area contributed by atoms with E-state index in [4.69, 9.17) is 16.3 Å². The van der Waals surface area contributed by atoms with Crippen molar-refractivity contribution in [3.8, 4) is 17.1 Å². The number of aryl methyl sites for hydroxylation is 1. The Bertz CT molecular complexity index is 1170. The van der Waals surface area contributed by atoms with Crippen molar-refractivity contribution < 1.29 is 9.53 Å². The van der Waals surface area contributed by atoms with Gasteiger partial charge >= 0.3 is 0 Å². The van der Waals surface area contributed by atoms with E-state index in [0.29, 0.717) is 22.0 Å². The van der Waals surface area contributed by atoms with Crippen LogP contribution in [-0.2, 0) is 0 Å². The fourth-order valence-corrected chi connectivity index (χ4v) is 3.18. The molecule has 5 nitrogen and oxygen atoms in total. The number of carbonyl (C=O) groups is 1. The third kappa shape index (κ3) is 3.57. The van der Waals surface area contributed by atoms with Crippen molar-refractivity contribution in [1.29, 1.82) is 0 Å². The number of carbonyl (C=O) groups excluding carboxylic acids is 1. The zero-order valence-electron chi connectivity index (χ0n) is 15.4. The van der Waals surface area contributed by atoms with Gasteiger partial charge in [-0.2, -0.15) is 0 Å². The summed E-state index contributed by atoms with van der Waals surface area (Å²) in [6.07, 6.45) is 0. The van der Waals surface area contributed by atoms with E-state index in [0.717, 1.165) is 28.0 Å². The van der Waals surface area contributed by atoms with Crippen molar-refractivity contribution in [2.24, 2.45) is 0 Å². The number of rotatable bonds is 4. The Hall–Kier alpha value is -3.31. The molecule has 28 heavy (non-hydrogen) atoms. The van der Waals surface area contributed by atoms with Crippen molar-refractivity contribution in [2.45, 2.75) is 6.92 Å². The Balaban J connectivity index is 1.57. The number of methoxy groups -OCH3 is 1. The monoisotopic (exact) mass is 391 g/mol. The minimum atomic E-state index is -0.202. The van der Waals surface area contributed by atoms with E-state index >= 15 is 0 Å². The molecule has 140 valence electrons. The number of aromatic nitrogens is 2. The number of H-pyrrole nitrogens is 1. The predicted octanol–water partition coefficient (Wildman–Crippen LogP) is 5.45. The van der Waals surface area contributed by atoms with Gasteiger partial charge in [-0.3, -0.25) is 4.79 Å². The van der Waals surface area contributed by atoms with Crippen LogP contribution in [0.2, 0.25) is 5.02 Å². The van der Waals surface area contributed by atoms with Crippen molar-refractivity contribution >= 4 is 34.2 Å². The lowest BCUT2D eigenvalue weighted by Gasteiger charge is -2.11. The second-order valence-electron chi connectivity index (χ2n) is 6.48. The molecule has 0 unspecified atom stereocenters. The summed E-state index contributed by atoms with van der Waals surface area (Å²) in [6, 6.07) is 18.4. The average Bonchev–Trinajstić information content (AvgIpc) is 3.11. The van der Waals surface area contributed by atoms with Gasteiger partial charge in [0.1, 0.15) is 11.6 Å². The highest BCUT2D eigenvalue weighted by Gasteiger charge is 2.11. The molecule has 4 rings (SSSR count). The summed E-state index contributed by atoms with van der Waals surface area (Å²) in [7, 11) is 1.58. The number of fused-ring (bicyclic) bond motifs is 1. The van der Waals surface area contributed by atoms with Gasteiger partial charge in [-0.05, 0) is 55.0 Å². The highest BCUT2D eigenvalue weighted by atomic mass is 35.5. The molecule has 0 aliphatic carbocycles. The van der Waals surface area contributed by atoms with E-state index in [-0.39, 0.29) is 5.91 Å². The lowest BCUT2D eigenvalue weighted by atomic mass is 10.1. The Labute approximate surface area is 167 Å². The first kappa shape index (κ1) is 18.1. The number of hydrogen-bond donors (Lipinski definition) is 2. The molecule has 6 heteroatoms. The van der Waals surface area contributed by atoms with Crippen LogP contribution in [0.5, 0.6) is 5.75 Å². The van der Waals surface area contributed by atoms with Gasteiger partial charge < -0.3 is 15.0 Å². The van der Waals surface area contributed by atoms with E-state index in [2.05, 4.69) is 15.3 Å². The zero-order valence-corrected chi connectivity index (χ0v) is 16.2. The summed E-state index contributed by atoms with van der Waals surface area (Å²) in [4.78, 5) is 20.4. The average molecular weight is 392 g/mol. The Morgan fingerprint density at radius 1 is 1.07 bits per heavy atom.